The van der Waals surface area contributed by atoms with E-state index in [-0.39, 0.29) is 22.2 Å². The molecule has 0 atom stereocenters. The molecule has 5 aromatic rings. The lowest BCUT2D eigenvalue weighted by Crippen LogP contribution is -2.52. The van der Waals surface area contributed by atoms with Crippen LogP contribution in [0.1, 0.15) is 38.2 Å². The summed E-state index contributed by atoms with van der Waals surface area (Å²) in [6, 6.07) is 25.9. The Hall–Kier alpha value is -5.38. The third-order valence-corrected chi connectivity index (χ3v) is 9.01. The van der Waals surface area contributed by atoms with E-state index in [2.05, 4.69) is 27.3 Å². The van der Waals surface area contributed by atoms with E-state index in [1.807, 2.05) is 24.3 Å². The fourth-order valence-corrected chi connectivity index (χ4v) is 6.06. The average Bonchev–Trinajstić information content (AvgIpc) is 3.12. The number of aromatic amines is 1. The minimum absolute atomic E-state index is 0.143. The second-order valence-corrected chi connectivity index (χ2v) is 12.4. The third-order valence-electron chi connectivity index (χ3n) is 8.76. The van der Waals surface area contributed by atoms with Gasteiger partial charge >= 0.3 is 0 Å². The first-order valence-electron chi connectivity index (χ1n) is 16.0. The lowest BCUT2D eigenvalue weighted by molar-refractivity contribution is 0.102. The van der Waals surface area contributed by atoms with Crippen LogP contribution in [-0.4, -0.2) is 47.7 Å². The molecule has 0 bridgehead atoms. The molecule has 1 aliphatic heterocycles. The highest BCUT2D eigenvalue weighted by Gasteiger charge is 2.19. The Morgan fingerprint density at radius 2 is 1.51 bits per heavy atom. The molecule has 2 N–H and O–H groups in total. The Balaban J connectivity index is 1.06. The Bertz CT molecular complexity index is 2230. The van der Waals surface area contributed by atoms with Crippen LogP contribution in [0, 0.1) is 0 Å². The molecule has 0 unspecified atom stereocenters. The van der Waals surface area contributed by atoms with Gasteiger partial charge in [-0.2, -0.15) is 0 Å². The number of nitrogens with zero attached hydrogens (tertiary/aromatic N) is 2. The van der Waals surface area contributed by atoms with Crippen molar-refractivity contribution >= 4 is 35.3 Å². The zero-order valence-corrected chi connectivity index (χ0v) is 28.3. The van der Waals surface area contributed by atoms with E-state index in [0.29, 0.717) is 21.8 Å². The number of anilines is 1. The largest absolute Gasteiger partial charge is 0.493 e. The van der Waals surface area contributed by atoms with E-state index in [4.69, 9.17) is 21.1 Å². The van der Waals surface area contributed by atoms with Gasteiger partial charge < -0.3 is 24.3 Å². The number of benzene rings is 4. The van der Waals surface area contributed by atoms with Crippen LogP contribution in [0.15, 0.2) is 94.5 Å². The maximum atomic E-state index is 13.0. The molecular formula is C39H37ClN4O5. The highest BCUT2D eigenvalue weighted by molar-refractivity contribution is 6.30. The van der Waals surface area contributed by atoms with Crippen molar-refractivity contribution in [1.29, 1.82) is 0 Å². The zero-order chi connectivity index (χ0) is 34.5. The quantitative estimate of drug-likeness (QED) is 0.242. The van der Waals surface area contributed by atoms with Crippen LogP contribution in [0.4, 0.5) is 5.69 Å². The van der Waals surface area contributed by atoms with Crippen molar-refractivity contribution in [3.8, 4) is 11.5 Å². The van der Waals surface area contributed by atoms with Crippen molar-refractivity contribution in [2.24, 2.45) is 7.05 Å². The molecular weight excluding hydrogens is 640 g/mol. The number of hydrogen-bond donors (Lipinski definition) is 2. The molecule has 6 rings (SSSR count). The first kappa shape index (κ1) is 33.5. The van der Waals surface area contributed by atoms with E-state index in [9.17, 15) is 14.4 Å². The summed E-state index contributed by atoms with van der Waals surface area (Å²) in [7, 11) is 4.88. The fraction of sp³-hybridized carbons (Fsp3) is 0.205. The number of aromatic nitrogens is 2. The summed E-state index contributed by atoms with van der Waals surface area (Å²) in [4.78, 5) is 44.0. The van der Waals surface area contributed by atoms with Crippen molar-refractivity contribution in [1.82, 2.24) is 14.5 Å². The van der Waals surface area contributed by atoms with Gasteiger partial charge in [-0.05, 0) is 101 Å². The first-order chi connectivity index (χ1) is 23.7. The van der Waals surface area contributed by atoms with Gasteiger partial charge in [-0.25, -0.2) is 0 Å². The average molecular weight is 677 g/mol. The Kier molecular flexibility index (Phi) is 10.1. The van der Waals surface area contributed by atoms with Gasteiger partial charge in [0.2, 0.25) is 0 Å². The van der Waals surface area contributed by atoms with Gasteiger partial charge in [-0.3, -0.25) is 19.3 Å². The van der Waals surface area contributed by atoms with Crippen LogP contribution >= 0.6 is 11.6 Å². The maximum Gasteiger partial charge on any atom is 0.274 e. The number of carbonyl (C=O) groups excluding carboxylic acids is 1. The topological polar surface area (TPSA) is 106 Å². The highest BCUT2D eigenvalue weighted by Crippen LogP contribution is 2.33. The van der Waals surface area contributed by atoms with Crippen LogP contribution in [-0.2, 0) is 26.4 Å². The molecule has 0 spiro atoms. The van der Waals surface area contributed by atoms with Gasteiger partial charge in [0.15, 0.2) is 11.5 Å². The molecule has 0 radical (unpaired) electrons. The molecule has 49 heavy (non-hydrogen) atoms. The molecule has 250 valence electrons. The standard InChI is InChI=1S/C39H37ClN4O5/c1-43-34(21-27-6-12-31(40)13-7-27)38(46)42-33(39(43)47)20-26-4-10-28(11-5-26)37(45)41-32-14-8-25(9-15-32)16-18-44-19-17-29-22-35(48-2)36(49-3)23-30(29)24-44/h4-15,20-23H,16-19,24H2,1-3H3,(H,41,45)(H,42,46)/b33-20-,34-21-. The minimum atomic E-state index is -0.398. The Morgan fingerprint density at radius 3 is 2.18 bits per heavy atom. The summed E-state index contributed by atoms with van der Waals surface area (Å²) in [5, 5.41) is 3.90. The van der Waals surface area contributed by atoms with E-state index in [1.165, 1.54) is 21.3 Å². The number of methoxy groups -OCH3 is 2. The molecule has 9 nitrogen and oxygen atoms in total. The molecule has 10 heteroatoms. The van der Waals surface area contributed by atoms with Gasteiger partial charge in [-0.15, -0.1) is 0 Å². The number of rotatable bonds is 9. The van der Waals surface area contributed by atoms with Gasteiger partial charge in [-0.1, -0.05) is 48.0 Å². The lowest BCUT2D eigenvalue weighted by Gasteiger charge is -2.29. The maximum absolute atomic E-state index is 13.0. The first-order valence-corrected chi connectivity index (χ1v) is 16.3. The van der Waals surface area contributed by atoms with E-state index in [1.54, 1.807) is 82.0 Å². The molecule has 2 heterocycles. The van der Waals surface area contributed by atoms with Crippen molar-refractivity contribution < 1.29 is 14.3 Å². The second-order valence-electron chi connectivity index (χ2n) is 12.0. The molecule has 0 aliphatic carbocycles. The number of nitrogens with one attached hydrogen (secondary N) is 2. The lowest BCUT2D eigenvalue weighted by atomic mass is 9.98. The van der Waals surface area contributed by atoms with E-state index < -0.39 is 5.56 Å². The number of amides is 1. The zero-order valence-electron chi connectivity index (χ0n) is 27.6. The van der Waals surface area contributed by atoms with Crippen molar-refractivity contribution in [2.45, 2.75) is 19.4 Å². The molecule has 1 amide bonds. The second kappa shape index (κ2) is 14.8. The van der Waals surface area contributed by atoms with Gasteiger partial charge in [0.25, 0.3) is 17.0 Å². The van der Waals surface area contributed by atoms with Crippen LogP contribution in [0.25, 0.3) is 12.2 Å². The number of hydrogen-bond acceptors (Lipinski definition) is 6. The molecule has 4 aromatic carbocycles. The number of halogens is 1. The third kappa shape index (κ3) is 7.85. The molecule has 1 aliphatic rings. The summed E-state index contributed by atoms with van der Waals surface area (Å²) < 4.78 is 12.3. The van der Waals surface area contributed by atoms with Gasteiger partial charge in [0.1, 0.15) is 10.7 Å². The van der Waals surface area contributed by atoms with Crippen molar-refractivity contribution in [2.75, 3.05) is 32.6 Å². The minimum Gasteiger partial charge on any atom is -0.493 e. The molecule has 1 aromatic heterocycles. The molecule has 0 saturated carbocycles. The summed E-state index contributed by atoms with van der Waals surface area (Å²) in [6.07, 6.45) is 5.08. The summed E-state index contributed by atoms with van der Waals surface area (Å²) in [6.45, 7) is 2.78. The predicted octanol–water partition coefficient (Wildman–Crippen LogP) is 4.25. The SMILES string of the molecule is COc1cc2c(cc1OC)CN(CCc1ccc(NC(=O)c3ccc(/C=c4\[nH]c(=O)/c(=C/c5ccc(Cl)cc5)n(C)c4=O)cc3)cc1)CC2. The van der Waals surface area contributed by atoms with Crippen LogP contribution in [0.5, 0.6) is 11.5 Å². The predicted molar refractivity (Wildman–Crippen MR) is 193 cm³/mol. The number of ether oxygens (including phenoxy) is 2. The molecule has 0 saturated heterocycles. The van der Waals surface area contributed by atoms with Crippen LogP contribution in [0.2, 0.25) is 5.02 Å². The smallest absolute Gasteiger partial charge is 0.274 e. The number of fused-ring (bicyclic) bond motifs is 1. The highest BCUT2D eigenvalue weighted by atomic mass is 35.5. The summed E-state index contributed by atoms with van der Waals surface area (Å²) in [5.74, 6) is 1.28. The van der Waals surface area contributed by atoms with Gasteiger partial charge in [0, 0.05) is 43.0 Å². The van der Waals surface area contributed by atoms with E-state index in [0.717, 1.165) is 49.5 Å². The van der Waals surface area contributed by atoms with E-state index >= 15 is 0 Å². The van der Waals surface area contributed by atoms with Crippen LogP contribution < -0.4 is 36.6 Å². The van der Waals surface area contributed by atoms with Crippen molar-refractivity contribution in [3.05, 3.63) is 155 Å². The number of carbonyl (C=O) groups is 1. The normalized spacial score (nSPS) is 13.6. The Morgan fingerprint density at radius 1 is 0.878 bits per heavy atom. The van der Waals surface area contributed by atoms with Crippen LogP contribution in [0.3, 0.4) is 0 Å². The summed E-state index contributed by atoms with van der Waals surface area (Å²) in [5.41, 5.74) is 5.59. The van der Waals surface area contributed by atoms with Crippen molar-refractivity contribution in [3.63, 3.8) is 0 Å². The summed E-state index contributed by atoms with van der Waals surface area (Å²) >= 11 is 5.95. The molecule has 0 fully saturated rings. The van der Waals surface area contributed by atoms with Gasteiger partial charge in [0.05, 0.1) is 14.2 Å². The number of H-pyrrole nitrogens is 1. The monoisotopic (exact) mass is 676 g/mol. The Labute approximate surface area is 288 Å². The fourth-order valence-electron chi connectivity index (χ4n) is 5.93.